The Morgan fingerprint density at radius 1 is 0.273 bits per heavy atom. The maximum absolute atomic E-state index is 9.72. The quantitative estimate of drug-likeness (QED) is 0.148. The van der Waals surface area contributed by atoms with Crippen LogP contribution in [0.3, 0.4) is 0 Å². The van der Waals surface area contributed by atoms with Crippen molar-refractivity contribution in [3.05, 3.63) is 285 Å². The molecule has 0 saturated heterocycles. The lowest BCUT2D eigenvalue weighted by Crippen LogP contribution is -2.61. The SMILES string of the molecule is [2H]c1c([2H])c([2H])c2c(c1[2H])c1c([2H])c([2H])c([2H])c([2H])c1n2-c1ccc2c(c1)N(c1cccc(-c3ccccc3)c1)c1cc(-n3c4c([2H])c([2H])c([2H])c([2H])c4c4c([2H])c([2H])c([2H])c([2H])c43)cc3c1B2c1cc(-c2ccccc2)ccc1N3c1ccc(-c2ccccc2)cc1. The molecule has 14 aromatic rings. The molecule has 77 heavy (non-hydrogen) atoms. The van der Waals surface area contributed by atoms with Gasteiger partial charge in [-0.2, -0.15) is 0 Å². The zero-order chi connectivity index (χ0) is 64.5. The third-order valence-corrected chi connectivity index (χ3v) is 15.2. The van der Waals surface area contributed by atoms with Crippen LogP contribution < -0.4 is 26.2 Å². The number of rotatable bonds is 7. The van der Waals surface area contributed by atoms with E-state index in [9.17, 15) is 11.0 Å². The van der Waals surface area contributed by atoms with Gasteiger partial charge in [0.05, 0.1) is 49.7 Å². The van der Waals surface area contributed by atoms with E-state index in [1.54, 1.807) is 0 Å². The normalized spacial score (nSPS) is 15.5. The number of anilines is 6. The maximum Gasteiger partial charge on any atom is 0.252 e. The van der Waals surface area contributed by atoms with Gasteiger partial charge in [-0.15, -0.1) is 0 Å². The van der Waals surface area contributed by atoms with Crippen LogP contribution in [0.15, 0.2) is 285 Å². The number of nitrogens with zero attached hydrogens (tertiary/aromatic N) is 4. The Bertz CT molecular complexity index is 5450. The highest BCUT2D eigenvalue weighted by molar-refractivity contribution is 7.00. The Morgan fingerprint density at radius 2 is 0.688 bits per heavy atom. The summed E-state index contributed by atoms with van der Waals surface area (Å²) in [7, 11) is 0. The lowest BCUT2D eigenvalue weighted by atomic mass is 9.33. The second-order valence-electron chi connectivity index (χ2n) is 19.3. The summed E-state index contributed by atoms with van der Waals surface area (Å²) in [6.07, 6.45) is 0. The summed E-state index contributed by atoms with van der Waals surface area (Å²) in [5.41, 5.74) is 12.1. The van der Waals surface area contributed by atoms with Gasteiger partial charge in [0.2, 0.25) is 0 Å². The van der Waals surface area contributed by atoms with Crippen LogP contribution in [0.5, 0.6) is 0 Å². The fourth-order valence-electron chi connectivity index (χ4n) is 11.9. The number of hydrogen-bond donors (Lipinski definition) is 0. The van der Waals surface area contributed by atoms with Crippen molar-refractivity contribution >= 4 is 101 Å². The van der Waals surface area contributed by atoms with Gasteiger partial charge in [-0.05, 0) is 129 Å². The largest absolute Gasteiger partial charge is 0.311 e. The Hall–Kier alpha value is -10.1. The Labute approximate surface area is 469 Å². The van der Waals surface area contributed by atoms with Gasteiger partial charge < -0.3 is 18.9 Å². The van der Waals surface area contributed by atoms with Crippen molar-refractivity contribution in [2.75, 3.05) is 9.80 Å². The molecular weight excluding hydrogens is 932 g/mol. The van der Waals surface area contributed by atoms with Gasteiger partial charge in [-0.3, -0.25) is 0 Å². The zero-order valence-electron chi connectivity index (χ0n) is 56.8. The third-order valence-electron chi connectivity index (χ3n) is 15.2. The van der Waals surface area contributed by atoms with Crippen molar-refractivity contribution in [2.45, 2.75) is 0 Å². The van der Waals surface area contributed by atoms with Gasteiger partial charge in [0.15, 0.2) is 0 Å². The van der Waals surface area contributed by atoms with Gasteiger partial charge in [-0.1, -0.05) is 206 Å². The molecule has 0 atom stereocenters. The van der Waals surface area contributed by atoms with Crippen molar-refractivity contribution in [1.82, 2.24) is 9.13 Å². The lowest BCUT2D eigenvalue weighted by molar-refractivity contribution is 1.15. The van der Waals surface area contributed by atoms with Crippen LogP contribution in [-0.4, -0.2) is 15.8 Å². The summed E-state index contributed by atoms with van der Waals surface area (Å²) < 4.78 is 151. The fourth-order valence-corrected chi connectivity index (χ4v) is 11.9. The zero-order valence-corrected chi connectivity index (χ0v) is 40.8. The van der Waals surface area contributed by atoms with Crippen molar-refractivity contribution in [1.29, 1.82) is 0 Å². The first-order chi connectivity index (χ1) is 44.9. The molecule has 16 rings (SSSR count). The minimum absolute atomic E-state index is 0.0636. The fraction of sp³-hybridized carbons (Fsp3) is 0. The first-order valence-corrected chi connectivity index (χ1v) is 25.3. The minimum Gasteiger partial charge on any atom is -0.311 e. The molecule has 358 valence electrons. The lowest BCUT2D eigenvalue weighted by Gasteiger charge is -2.44. The highest BCUT2D eigenvalue weighted by Gasteiger charge is 2.44. The smallest absolute Gasteiger partial charge is 0.252 e. The molecule has 5 heteroatoms. The summed E-state index contributed by atoms with van der Waals surface area (Å²) in [5.74, 6) is 0. The number of para-hydroxylation sites is 4. The second-order valence-corrected chi connectivity index (χ2v) is 19.3. The van der Waals surface area contributed by atoms with Gasteiger partial charge in [0.1, 0.15) is 0 Å². The first-order valence-electron chi connectivity index (χ1n) is 33.3. The van der Waals surface area contributed by atoms with E-state index < -0.39 is 103 Å². The van der Waals surface area contributed by atoms with E-state index in [0.717, 1.165) is 61.1 Å². The Kier molecular flexibility index (Phi) is 6.79. The predicted molar refractivity (Wildman–Crippen MR) is 325 cm³/mol. The third kappa shape index (κ3) is 6.74. The Morgan fingerprint density at radius 3 is 1.23 bits per heavy atom. The predicted octanol–water partition coefficient (Wildman–Crippen LogP) is 17.0. The van der Waals surface area contributed by atoms with Gasteiger partial charge in [0, 0.05) is 61.4 Å². The van der Waals surface area contributed by atoms with E-state index in [1.165, 1.54) is 9.13 Å². The molecule has 2 aliphatic rings. The van der Waals surface area contributed by atoms with Crippen LogP contribution in [0.1, 0.15) is 21.9 Å². The molecule has 0 N–H and O–H groups in total. The standard InChI is InChI=1S/C72H47BN4/c1-4-19-48(20-5-1)51-35-38-54(39-36-51)74-68-42-37-53(50-23-8-3-9-24-50)44-63(68)73-62-41-40-56(75-64-31-14-10-27-58(64)59-28-11-15-32-65(59)75)45-69(62)76(55-26-18-25-52(43-55)49-21-6-2-7-22-49)71-47-57(46-70(74)72(71)73)77-66-33-16-12-29-60(66)61-30-13-17-34-67(61)77/h1-47H/i10D,11D,12D,13D,14D,15D,16D,17D,27D,28D,29D,30D,31D,32D,33D,34D. The molecule has 0 bridgehead atoms. The molecule has 0 unspecified atom stereocenters. The molecule has 0 spiro atoms. The molecule has 4 heterocycles. The molecule has 0 aliphatic carbocycles. The number of aromatic nitrogens is 2. The van der Waals surface area contributed by atoms with Crippen LogP contribution in [0.25, 0.3) is 88.4 Å². The van der Waals surface area contributed by atoms with Crippen LogP contribution in [0.4, 0.5) is 34.1 Å². The van der Waals surface area contributed by atoms with Crippen molar-refractivity contribution < 1.29 is 21.9 Å². The van der Waals surface area contributed by atoms with Crippen LogP contribution in [-0.2, 0) is 0 Å². The summed E-state index contributed by atoms with van der Waals surface area (Å²) >= 11 is 0. The minimum atomic E-state index is -0.652. The van der Waals surface area contributed by atoms with E-state index in [2.05, 4.69) is 40.1 Å². The van der Waals surface area contributed by atoms with E-state index in [1.807, 2.05) is 158 Å². The van der Waals surface area contributed by atoms with Crippen LogP contribution in [0, 0.1) is 0 Å². The molecule has 0 saturated carbocycles. The molecule has 0 radical (unpaired) electrons. The average molecular weight is 995 g/mol. The van der Waals surface area contributed by atoms with Gasteiger partial charge in [-0.25, -0.2) is 0 Å². The summed E-state index contributed by atoms with van der Waals surface area (Å²) in [4.78, 5) is 4.22. The molecule has 2 aliphatic heterocycles. The topological polar surface area (TPSA) is 16.3 Å². The summed E-state index contributed by atoms with van der Waals surface area (Å²) in [6.45, 7) is -0.652. The van der Waals surface area contributed by atoms with Gasteiger partial charge >= 0.3 is 0 Å². The summed E-state index contributed by atoms with van der Waals surface area (Å²) in [6, 6.07) is 53.4. The van der Waals surface area contributed by atoms with E-state index in [4.69, 9.17) is 11.0 Å². The van der Waals surface area contributed by atoms with E-state index >= 15 is 0 Å². The number of fused-ring (bicyclic) bond motifs is 10. The van der Waals surface area contributed by atoms with Gasteiger partial charge in [0.25, 0.3) is 6.71 Å². The number of benzene rings is 12. The van der Waals surface area contributed by atoms with Crippen LogP contribution in [0.2, 0.25) is 0 Å². The average Bonchev–Trinajstić information content (AvgIpc) is 1.69. The monoisotopic (exact) mass is 994 g/mol. The molecular formula is C72H47BN4. The Balaban J connectivity index is 1.09. The van der Waals surface area contributed by atoms with Crippen molar-refractivity contribution in [3.63, 3.8) is 0 Å². The maximum atomic E-state index is 9.72. The highest BCUT2D eigenvalue weighted by atomic mass is 15.2. The van der Waals surface area contributed by atoms with E-state index in [-0.39, 0.29) is 55.0 Å². The molecule has 0 amide bonds. The summed E-state index contributed by atoms with van der Waals surface area (Å²) in [5, 5.41) is -0.351. The molecule has 2 aromatic heterocycles. The molecule has 0 fully saturated rings. The van der Waals surface area contributed by atoms with E-state index in [0.29, 0.717) is 22.7 Å². The van der Waals surface area contributed by atoms with Crippen molar-refractivity contribution in [3.8, 4) is 44.8 Å². The second kappa shape index (κ2) is 17.2. The van der Waals surface area contributed by atoms with Crippen LogP contribution >= 0.6 is 0 Å². The van der Waals surface area contributed by atoms with Crippen molar-refractivity contribution in [2.24, 2.45) is 0 Å². The highest BCUT2D eigenvalue weighted by Crippen LogP contribution is 2.48. The molecule has 12 aromatic carbocycles. The first kappa shape index (κ1) is 30.3. The molecule has 4 nitrogen and oxygen atoms in total. The number of hydrogen-bond acceptors (Lipinski definition) is 2.